The summed E-state index contributed by atoms with van der Waals surface area (Å²) in [5.41, 5.74) is 2.78. The van der Waals surface area contributed by atoms with Gasteiger partial charge in [-0.2, -0.15) is 5.26 Å². The fourth-order valence-corrected chi connectivity index (χ4v) is 2.61. The molecule has 1 N–H and O–H groups in total. The van der Waals surface area contributed by atoms with Crippen molar-refractivity contribution in [1.82, 2.24) is 5.32 Å². The van der Waals surface area contributed by atoms with Gasteiger partial charge in [-0.05, 0) is 36.3 Å². The molecule has 0 aliphatic carbocycles. The van der Waals surface area contributed by atoms with Gasteiger partial charge in [0.25, 0.3) is 5.91 Å². The average Bonchev–Trinajstić information content (AvgIpc) is 2.65. The number of carbonyl (C=O) groups is 1. The van der Waals surface area contributed by atoms with Gasteiger partial charge in [-0.15, -0.1) is 0 Å². The van der Waals surface area contributed by atoms with Crippen LogP contribution in [0.3, 0.4) is 0 Å². The van der Waals surface area contributed by atoms with Gasteiger partial charge >= 0.3 is 0 Å². The maximum absolute atomic E-state index is 12.3. The van der Waals surface area contributed by atoms with Gasteiger partial charge in [0.2, 0.25) is 0 Å². The summed E-state index contributed by atoms with van der Waals surface area (Å²) in [5.74, 6) is 0.414. The highest BCUT2D eigenvalue weighted by Gasteiger charge is 2.19. The Morgan fingerprint density at radius 3 is 2.68 bits per heavy atom. The first-order valence-electron chi connectivity index (χ1n) is 8.08. The summed E-state index contributed by atoms with van der Waals surface area (Å²) in [6.45, 7) is 2.28. The SMILES string of the molecule is CC1Oc2ccccc2C=C1/C=C(\C#N)C(=O)NCc1ccccc1. The lowest BCUT2D eigenvalue weighted by molar-refractivity contribution is -0.117. The lowest BCUT2D eigenvalue weighted by Crippen LogP contribution is -2.25. The van der Waals surface area contributed by atoms with Gasteiger partial charge in [0.15, 0.2) is 0 Å². The Balaban J connectivity index is 1.77. The number of nitrogens with zero attached hydrogens (tertiary/aromatic N) is 1. The predicted molar refractivity (Wildman–Crippen MR) is 96.5 cm³/mol. The number of hydrogen-bond donors (Lipinski definition) is 1. The van der Waals surface area contributed by atoms with Crippen molar-refractivity contribution in [3.8, 4) is 11.8 Å². The number of nitrogens with one attached hydrogen (secondary N) is 1. The molecule has 0 bridgehead atoms. The Hall–Kier alpha value is -3.32. The van der Waals surface area contributed by atoms with E-state index in [4.69, 9.17) is 4.74 Å². The van der Waals surface area contributed by atoms with Crippen LogP contribution in [0, 0.1) is 11.3 Å². The lowest BCUT2D eigenvalue weighted by Gasteiger charge is -2.23. The Bertz CT molecular complexity index is 876. The molecule has 2 aromatic rings. The van der Waals surface area contributed by atoms with Gasteiger partial charge in [0, 0.05) is 12.1 Å². The van der Waals surface area contributed by atoms with Gasteiger partial charge in [-0.3, -0.25) is 4.79 Å². The second-order valence-corrected chi connectivity index (χ2v) is 5.78. The second-order valence-electron chi connectivity index (χ2n) is 5.78. The minimum atomic E-state index is -0.390. The number of amides is 1. The molecule has 0 saturated heterocycles. The predicted octanol–water partition coefficient (Wildman–Crippen LogP) is 3.62. The van der Waals surface area contributed by atoms with E-state index in [1.807, 2.05) is 73.7 Å². The van der Waals surface area contributed by atoms with Gasteiger partial charge in [0.1, 0.15) is 23.5 Å². The third-order valence-electron chi connectivity index (χ3n) is 3.99. The quantitative estimate of drug-likeness (QED) is 0.688. The molecule has 0 fully saturated rings. The van der Waals surface area contributed by atoms with E-state index >= 15 is 0 Å². The van der Waals surface area contributed by atoms with Crippen LogP contribution in [0.1, 0.15) is 18.1 Å². The van der Waals surface area contributed by atoms with E-state index in [1.165, 1.54) is 0 Å². The molecule has 1 aliphatic heterocycles. The molecule has 1 atom stereocenters. The Morgan fingerprint density at radius 1 is 1.20 bits per heavy atom. The number of para-hydroxylation sites is 1. The first kappa shape index (κ1) is 16.5. The van der Waals surface area contributed by atoms with Crippen molar-refractivity contribution in [2.75, 3.05) is 0 Å². The maximum Gasteiger partial charge on any atom is 0.262 e. The standard InChI is InChI=1S/C21H18N2O2/c1-15-18(11-17-9-5-6-10-20(17)25-15)12-19(13-22)21(24)23-14-16-7-3-2-4-8-16/h2-12,15H,14H2,1H3,(H,23,24)/b19-12+. The zero-order valence-corrected chi connectivity index (χ0v) is 13.9. The molecule has 0 radical (unpaired) electrons. The van der Waals surface area contributed by atoms with Crippen molar-refractivity contribution in [2.24, 2.45) is 0 Å². The molecule has 1 amide bonds. The Morgan fingerprint density at radius 2 is 1.92 bits per heavy atom. The molecule has 0 aromatic heterocycles. The lowest BCUT2D eigenvalue weighted by atomic mass is 10.0. The number of carbonyl (C=O) groups excluding carboxylic acids is 1. The number of hydrogen-bond acceptors (Lipinski definition) is 3. The fourth-order valence-electron chi connectivity index (χ4n) is 2.61. The van der Waals surface area contributed by atoms with Crippen LogP contribution in [0.5, 0.6) is 5.75 Å². The van der Waals surface area contributed by atoms with Crippen LogP contribution < -0.4 is 10.1 Å². The summed E-state index contributed by atoms with van der Waals surface area (Å²) in [7, 11) is 0. The minimum absolute atomic E-state index is 0.0667. The van der Waals surface area contributed by atoms with Crippen molar-refractivity contribution in [3.05, 3.63) is 82.9 Å². The number of nitriles is 1. The van der Waals surface area contributed by atoms with Crippen LogP contribution >= 0.6 is 0 Å². The van der Waals surface area contributed by atoms with Crippen LogP contribution in [-0.2, 0) is 11.3 Å². The molecule has 25 heavy (non-hydrogen) atoms. The molecule has 1 aliphatic rings. The summed E-state index contributed by atoms with van der Waals surface area (Å²) >= 11 is 0. The molecular formula is C21H18N2O2. The van der Waals surface area contributed by atoms with E-state index in [-0.39, 0.29) is 11.7 Å². The van der Waals surface area contributed by atoms with Crippen molar-refractivity contribution in [1.29, 1.82) is 5.26 Å². The van der Waals surface area contributed by atoms with Gasteiger partial charge in [-0.1, -0.05) is 48.5 Å². The summed E-state index contributed by atoms with van der Waals surface area (Å²) < 4.78 is 5.84. The van der Waals surface area contributed by atoms with E-state index in [0.29, 0.717) is 6.54 Å². The Kier molecular flexibility index (Phi) is 4.96. The molecule has 1 heterocycles. The summed E-state index contributed by atoms with van der Waals surface area (Å²) in [6, 6.07) is 19.2. The van der Waals surface area contributed by atoms with Crippen LogP contribution in [0.2, 0.25) is 0 Å². The molecule has 3 rings (SSSR count). The normalized spacial score (nSPS) is 16.1. The number of benzene rings is 2. The van der Waals surface area contributed by atoms with E-state index in [2.05, 4.69) is 5.32 Å². The fraction of sp³-hybridized carbons (Fsp3) is 0.143. The topological polar surface area (TPSA) is 62.1 Å². The first-order chi connectivity index (χ1) is 12.2. The molecular weight excluding hydrogens is 312 g/mol. The van der Waals surface area contributed by atoms with Crippen LogP contribution in [-0.4, -0.2) is 12.0 Å². The minimum Gasteiger partial charge on any atom is -0.485 e. The van der Waals surface area contributed by atoms with E-state index in [9.17, 15) is 10.1 Å². The van der Waals surface area contributed by atoms with Gasteiger partial charge in [-0.25, -0.2) is 0 Å². The van der Waals surface area contributed by atoms with Crippen molar-refractivity contribution >= 4 is 12.0 Å². The molecule has 4 nitrogen and oxygen atoms in total. The van der Waals surface area contributed by atoms with Crippen LogP contribution in [0.4, 0.5) is 0 Å². The van der Waals surface area contributed by atoms with Crippen LogP contribution in [0.25, 0.3) is 6.08 Å². The maximum atomic E-state index is 12.3. The zero-order valence-electron chi connectivity index (χ0n) is 13.9. The van der Waals surface area contributed by atoms with Crippen molar-refractivity contribution < 1.29 is 9.53 Å². The summed E-state index contributed by atoms with van der Waals surface area (Å²) in [4.78, 5) is 12.3. The number of rotatable bonds is 4. The first-order valence-corrected chi connectivity index (χ1v) is 8.08. The largest absolute Gasteiger partial charge is 0.485 e. The average molecular weight is 330 g/mol. The number of fused-ring (bicyclic) bond motifs is 1. The van der Waals surface area contributed by atoms with Gasteiger partial charge < -0.3 is 10.1 Å². The van der Waals surface area contributed by atoms with Crippen molar-refractivity contribution in [2.45, 2.75) is 19.6 Å². The molecule has 2 aromatic carbocycles. The smallest absolute Gasteiger partial charge is 0.262 e. The van der Waals surface area contributed by atoms with Crippen molar-refractivity contribution in [3.63, 3.8) is 0 Å². The highest BCUT2D eigenvalue weighted by atomic mass is 16.5. The second kappa shape index (κ2) is 7.50. The van der Waals surface area contributed by atoms with E-state index in [0.717, 1.165) is 22.4 Å². The third-order valence-corrected chi connectivity index (χ3v) is 3.99. The molecule has 0 spiro atoms. The van der Waals surface area contributed by atoms with Gasteiger partial charge in [0.05, 0.1) is 0 Å². The zero-order chi connectivity index (χ0) is 17.6. The molecule has 4 heteroatoms. The van der Waals surface area contributed by atoms with E-state index < -0.39 is 5.91 Å². The Labute approximate surface area is 147 Å². The summed E-state index contributed by atoms with van der Waals surface area (Å²) in [6.07, 6.45) is 3.33. The third kappa shape index (κ3) is 3.96. The van der Waals surface area contributed by atoms with E-state index in [1.54, 1.807) is 6.08 Å². The monoisotopic (exact) mass is 330 g/mol. The molecule has 1 unspecified atom stereocenters. The highest BCUT2D eigenvalue weighted by molar-refractivity contribution is 5.98. The number of ether oxygens (including phenoxy) is 1. The molecule has 0 saturated carbocycles. The highest BCUT2D eigenvalue weighted by Crippen LogP contribution is 2.30. The molecule has 124 valence electrons. The summed E-state index contributed by atoms with van der Waals surface area (Å²) in [5, 5.41) is 12.1. The van der Waals surface area contributed by atoms with Crippen LogP contribution in [0.15, 0.2) is 71.8 Å².